The second-order valence-corrected chi connectivity index (χ2v) is 7.10. The maximum absolute atomic E-state index is 12.1. The van der Waals surface area contributed by atoms with Crippen LogP contribution < -0.4 is 5.32 Å². The Hall–Kier alpha value is -1.74. The molecule has 0 radical (unpaired) electrons. The van der Waals surface area contributed by atoms with Gasteiger partial charge >= 0.3 is 0 Å². The molecule has 1 N–H and O–H groups in total. The van der Waals surface area contributed by atoms with Crippen LogP contribution in [0.4, 0.5) is 5.69 Å². The first kappa shape index (κ1) is 18.6. The monoisotopic (exact) mass is 379 g/mol. The van der Waals surface area contributed by atoms with Crippen molar-refractivity contribution in [2.45, 2.75) is 24.8 Å². The molecule has 124 valence electrons. The summed E-state index contributed by atoms with van der Waals surface area (Å²) in [5.74, 6) is 0.185. The molecule has 0 fully saturated rings. The lowest BCUT2D eigenvalue weighted by molar-refractivity contribution is -0.113. The minimum Gasteiger partial charge on any atom is -0.325 e. The Labute approximate surface area is 155 Å². The Bertz CT molecular complexity index is 803. The third kappa shape index (κ3) is 4.88. The zero-order valence-corrected chi connectivity index (χ0v) is 15.5. The minimum atomic E-state index is -0.209. The normalized spacial score (nSPS) is 10.5. The van der Waals surface area contributed by atoms with Gasteiger partial charge < -0.3 is 5.32 Å². The smallest absolute Gasteiger partial charge is 0.234 e. The van der Waals surface area contributed by atoms with Crippen LogP contribution in [-0.2, 0) is 4.79 Å². The first-order chi connectivity index (χ1) is 11.4. The fourth-order valence-electron chi connectivity index (χ4n) is 1.88. The molecule has 0 aliphatic heterocycles. The van der Waals surface area contributed by atoms with Crippen molar-refractivity contribution in [2.75, 3.05) is 11.1 Å². The number of carbonyl (C=O) groups excluding carboxylic acids is 1. The van der Waals surface area contributed by atoms with Crippen molar-refractivity contribution < 1.29 is 4.79 Å². The standard InChI is InChI=1S/C17H15Cl2N3OS/c1-10(2)15-6-3-11(8-20)17(22-15)24-9-16(23)21-12-4-5-13(18)14(19)7-12/h3-7,10H,9H2,1-2H3,(H,21,23). The SMILES string of the molecule is CC(C)c1ccc(C#N)c(SCC(=O)Nc2ccc(Cl)c(Cl)c2)n1. The van der Waals surface area contributed by atoms with Crippen molar-refractivity contribution in [1.29, 1.82) is 5.26 Å². The van der Waals surface area contributed by atoms with E-state index in [-0.39, 0.29) is 17.6 Å². The van der Waals surface area contributed by atoms with Gasteiger partial charge in [-0.2, -0.15) is 5.26 Å². The van der Waals surface area contributed by atoms with Gasteiger partial charge in [-0.05, 0) is 36.2 Å². The van der Waals surface area contributed by atoms with E-state index in [4.69, 9.17) is 23.2 Å². The molecule has 4 nitrogen and oxygen atoms in total. The molecule has 0 saturated heterocycles. The Morgan fingerprint density at radius 3 is 2.67 bits per heavy atom. The maximum atomic E-state index is 12.1. The van der Waals surface area contributed by atoms with E-state index < -0.39 is 0 Å². The zero-order chi connectivity index (χ0) is 17.7. The number of halogens is 2. The molecule has 1 aromatic heterocycles. The zero-order valence-electron chi connectivity index (χ0n) is 13.1. The van der Waals surface area contributed by atoms with Gasteiger partial charge in [0.05, 0.1) is 21.4 Å². The Kier molecular flexibility index (Phi) is 6.50. The van der Waals surface area contributed by atoms with Crippen molar-refractivity contribution in [3.05, 3.63) is 51.6 Å². The van der Waals surface area contributed by atoms with Gasteiger partial charge in [0, 0.05) is 11.4 Å². The van der Waals surface area contributed by atoms with Gasteiger partial charge in [-0.3, -0.25) is 4.79 Å². The van der Waals surface area contributed by atoms with E-state index in [1.54, 1.807) is 24.3 Å². The van der Waals surface area contributed by atoms with E-state index in [2.05, 4.69) is 16.4 Å². The molecular weight excluding hydrogens is 365 g/mol. The van der Waals surface area contributed by atoms with Crippen LogP contribution in [0, 0.1) is 11.3 Å². The lowest BCUT2D eigenvalue weighted by atomic mass is 10.1. The van der Waals surface area contributed by atoms with Crippen LogP contribution in [0.25, 0.3) is 0 Å². The topological polar surface area (TPSA) is 65.8 Å². The summed E-state index contributed by atoms with van der Waals surface area (Å²) in [4.78, 5) is 16.6. The molecule has 1 heterocycles. The van der Waals surface area contributed by atoms with E-state index in [0.29, 0.717) is 26.3 Å². The molecule has 0 aliphatic carbocycles. The van der Waals surface area contributed by atoms with Crippen LogP contribution >= 0.6 is 35.0 Å². The number of hydrogen-bond donors (Lipinski definition) is 1. The number of pyridine rings is 1. The number of rotatable bonds is 5. The third-order valence-corrected chi connectivity index (χ3v) is 4.87. The average Bonchev–Trinajstić information content (AvgIpc) is 2.56. The highest BCUT2D eigenvalue weighted by Crippen LogP contribution is 2.26. The van der Waals surface area contributed by atoms with Gasteiger partial charge in [0.15, 0.2) is 0 Å². The summed E-state index contributed by atoms with van der Waals surface area (Å²) in [7, 11) is 0. The second-order valence-electron chi connectivity index (χ2n) is 5.32. The Morgan fingerprint density at radius 1 is 1.29 bits per heavy atom. The number of benzene rings is 1. The predicted molar refractivity (Wildman–Crippen MR) is 98.9 cm³/mol. The summed E-state index contributed by atoms with van der Waals surface area (Å²) < 4.78 is 0. The number of aromatic nitrogens is 1. The van der Waals surface area contributed by atoms with Gasteiger partial charge in [0.2, 0.25) is 5.91 Å². The lowest BCUT2D eigenvalue weighted by Crippen LogP contribution is -2.14. The van der Waals surface area contributed by atoms with E-state index in [0.717, 1.165) is 5.69 Å². The molecule has 0 atom stereocenters. The van der Waals surface area contributed by atoms with E-state index in [1.807, 2.05) is 19.9 Å². The second kappa shape index (κ2) is 8.39. The molecule has 0 bridgehead atoms. The van der Waals surface area contributed by atoms with Crippen molar-refractivity contribution in [3.63, 3.8) is 0 Å². The summed E-state index contributed by atoms with van der Waals surface area (Å²) in [5, 5.41) is 13.3. The largest absolute Gasteiger partial charge is 0.325 e. The molecule has 0 unspecified atom stereocenters. The van der Waals surface area contributed by atoms with Crippen molar-refractivity contribution >= 4 is 46.6 Å². The minimum absolute atomic E-state index is 0.142. The van der Waals surface area contributed by atoms with Gasteiger partial charge in [-0.25, -0.2) is 4.98 Å². The Balaban J connectivity index is 2.04. The van der Waals surface area contributed by atoms with Crippen LogP contribution in [0.2, 0.25) is 10.0 Å². The van der Waals surface area contributed by atoms with E-state index in [9.17, 15) is 10.1 Å². The summed E-state index contributed by atoms with van der Waals surface area (Å²) in [6, 6.07) is 10.6. The highest BCUT2D eigenvalue weighted by atomic mass is 35.5. The van der Waals surface area contributed by atoms with E-state index in [1.165, 1.54) is 11.8 Å². The maximum Gasteiger partial charge on any atom is 0.234 e. The number of nitrogens with zero attached hydrogens (tertiary/aromatic N) is 2. The molecule has 2 rings (SSSR count). The molecule has 0 aliphatic rings. The number of nitrogens with one attached hydrogen (secondary N) is 1. The molecule has 24 heavy (non-hydrogen) atoms. The molecule has 1 amide bonds. The number of anilines is 1. The van der Waals surface area contributed by atoms with Crippen molar-refractivity contribution in [3.8, 4) is 6.07 Å². The molecule has 7 heteroatoms. The van der Waals surface area contributed by atoms with Gasteiger partial charge in [-0.15, -0.1) is 0 Å². The fraction of sp³-hybridized carbons (Fsp3) is 0.235. The number of thioether (sulfide) groups is 1. The van der Waals surface area contributed by atoms with Crippen molar-refractivity contribution in [1.82, 2.24) is 4.98 Å². The van der Waals surface area contributed by atoms with Crippen LogP contribution in [0.15, 0.2) is 35.4 Å². The first-order valence-corrected chi connectivity index (χ1v) is 8.93. The van der Waals surface area contributed by atoms with Crippen LogP contribution in [0.1, 0.15) is 31.0 Å². The molecular formula is C17H15Cl2N3OS. The highest BCUT2D eigenvalue weighted by Gasteiger charge is 2.11. The van der Waals surface area contributed by atoms with Crippen LogP contribution in [0.5, 0.6) is 0 Å². The first-order valence-electron chi connectivity index (χ1n) is 7.19. The Morgan fingerprint density at radius 2 is 2.04 bits per heavy atom. The summed E-state index contributed by atoms with van der Waals surface area (Å²) in [6.45, 7) is 4.06. The summed E-state index contributed by atoms with van der Waals surface area (Å²) in [6.07, 6.45) is 0. The number of hydrogen-bond acceptors (Lipinski definition) is 4. The lowest BCUT2D eigenvalue weighted by Gasteiger charge is -2.09. The summed E-state index contributed by atoms with van der Waals surface area (Å²) >= 11 is 13.0. The third-order valence-electron chi connectivity index (χ3n) is 3.14. The van der Waals surface area contributed by atoms with Crippen LogP contribution in [0.3, 0.4) is 0 Å². The number of nitriles is 1. The van der Waals surface area contributed by atoms with Crippen LogP contribution in [-0.4, -0.2) is 16.6 Å². The molecule has 1 aromatic carbocycles. The number of carbonyl (C=O) groups is 1. The molecule has 0 saturated carbocycles. The number of amides is 1. The highest BCUT2D eigenvalue weighted by molar-refractivity contribution is 8.00. The summed E-state index contributed by atoms with van der Waals surface area (Å²) in [5.41, 5.74) is 1.92. The predicted octanol–water partition coefficient (Wildman–Crippen LogP) is 5.11. The van der Waals surface area contributed by atoms with Gasteiger partial charge in [0.25, 0.3) is 0 Å². The van der Waals surface area contributed by atoms with Gasteiger partial charge in [-0.1, -0.05) is 48.8 Å². The quantitative estimate of drug-likeness (QED) is 0.732. The fourth-order valence-corrected chi connectivity index (χ4v) is 2.95. The molecule has 0 spiro atoms. The van der Waals surface area contributed by atoms with Gasteiger partial charge in [0.1, 0.15) is 11.1 Å². The molecule has 2 aromatic rings. The van der Waals surface area contributed by atoms with Crippen molar-refractivity contribution in [2.24, 2.45) is 0 Å². The average molecular weight is 380 g/mol. The van der Waals surface area contributed by atoms with E-state index >= 15 is 0 Å².